The van der Waals surface area contributed by atoms with Crippen molar-refractivity contribution in [3.05, 3.63) is 60.7 Å². The second-order valence-electron chi connectivity index (χ2n) is 10.5. The van der Waals surface area contributed by atoms with Gasteiger partial charge in [0.15, 0.2) is 0 Å². The molecule has 6 rings (SSSR count). The number of pyridine rings is 1. The fourth-order valence-corrected chi connectivity index (χ4v) is 6.08. The predicted molar refractivity (Wildman–Crippen MR) is 149 cm³/mol. The lowest BCUT2D eigenvalue weighted by atomic mass is 9.88. The Bertz CT molecular complexity index is 1400. The van der Waals surface area contributed by atoms with E-state index < -0.39 is 28.1 Å². The normalized spacial score (nSPS) is 18.8. The van der Waals surface area contributed by atoms with E-state index in [1.54, 1.807) is 12.4 Å². The Morgan fingerprint density at radius 2 is 1.75 bits per heavy atom. The van der Waals surface area contributed by atoms with Gasteiger partial charge in [0.1, 0.15) is 17.0 Å². The summed E-state index contributed by atoms with van der Waals surface area (Å²) in [5, 5.41) is 15.8. The molecule has 3 aliphatic rings. The van der Waals surface area contributed by atoms with Crippen molar-refractivity contribution >= 4 is 22.4 Å². The summed E-state index contributed by atoms with van der Waals surface area (Å²) < 4.78 is 39.8. The first-order valence-electron chi connectivity index (χ1n) is 13.7. The van der Waals surface area contributed by atoms with Crippen LogP contribution in [0.15, 0.2) is 48.9 Å². The molecule has 210 valence electrons. The molecule has 3 fully saturated rings. The molecule has 0 unspecified atom stereocenters. The largest absolute Gasteiger partial charge is 0.370 e. The standard InChI is InChI=1S/C18H16F2N4OS.C11H16N2O/c19-15-9-17(18(20)21-11-15)24-12-14(10-22-24)13-1-3-16(4-2-13)23-5-7-26(25)8-6-23;12-8-11(6-7-11)13-10(14)9-4-2-1-3-5-9/h1-4,9-12H,5-8H2;9H,1-7H2,(H,13,14). The van der Waals surface area contributed by atoms with Gasteiger partial charge in [0, 0.05) is 64.8 Å². The summed E-state index contributed by atoms with van der Waals surface area (Å²) in [6.07, 6.45) is 11.3. The first-order chi connectivity index (χ1) is 19.4. The van der Waals surface area contributed by atoms with E-state index in [-0.39, 0.29) is 17.5 Å². The molecule has 3 heterocycles. The third kappa shape index (κ3) is 6.73. The molecule has 1 aliphatic heterocycles. The van der Waals surface area contributed by atoms with Gasteiger partial charge in [0.05, 0.1) is 18.5 Å². The number of carbonyl (C=O) groups is 1. The number of benzene rings is 1. The van der Waals surface area contributed by atoms with Crippen LogP contribution in [0.2, 0.25) is 0 Å². The van der Waals surface area contributed by atoms with E-state index in [0.717, 1.165) is 80.7 Å². The Hall–Kier alpha value is -3.65. The van der Waals surface area contributed by atoms with E-state index in [0.29, 0.717) is 11.5 Å². The number of hydrogen-bond acceptors (Lipinski definition) is 6. The maximum atomic E-state index is 13.8. The van der Waals surface area contributed by atoms with E-state index in [4.69, 9.17) is 5.26 Å². The Morgan fingerprint density at radius 1 is 1.05 bits per heavy atom. The maximum absolute atomic E-state index is 13.8. The van der Waals surface area contributed by atoms with Crippen molar-refractivity contribution in [1.82, 2.24) is 20.1 Å². The molecule has 2 aliphatic carbocycles. The summed E-state index contributed by atoms with van der Waals surface area (Å²) in [5.41, 5.74) is 2.28. The number of amides is 1. The topological polar surface area (TPSA) is 104 Å². The van der Waals surface area contributed by atoms with Crippen LogP contribution in [0.3, 0.4) is 0 Å². The van der Waals surface area contributed by atoms with Gasteiger partial charge in [-0.2, -0.15) is 14.8 Å². The highest BCUT2D eigenvalue weighted by Gasteiger charge is 2.45. The van der Waals surface area contributed by atoms with Crippen LogP contribution in [0.4, 0.5) is 14.5 Å². The SMILES string of the molecule is N#CC1(NC(=O)C2CCCCC2)CC1.O=S1CCN(c2ccc(-c3cnn(-c4cc(F)cnc4F)c3)cc2)CC1. The van der Waals surface area contributed by atoms with Crippen LogP contribution in [0.1, 0.15) is 44.9 Å². The van der Waals surface area contributed by atoms with Crippen molar-refractivity contribution in [2.45, 2.75) is 50.5 Å². The highest BCUT2D eigenvalue weighted by molar-refractivity contribution is 7.85. The second-order valence-corrected chi connectivity index (χ2v) is 12.2. The molecule has 2 saturated carbocycles. The molecular weight excluding hydrogens is 534 g/mol. The number of nitriles is 1. The monoisotopic (exact) mass is 566 g/mol. The summed E-state index contributed by atoms with van der Waals surface area (Å²) in [6.45, 7) is 1.57. The van der Waals surface area contributed by atoms with Crippen LogP contribution >= 0.6 is 0 Å². The van der Waals surface area contributed by atoms with Gasteiger partial charge < -0.3 is 10.2 Å². The first kappa shape index (κ1) is 27.9. The zero-order chi connectivity index (χ0) is 28.1. The van der Waals surface area contributed by atoms with Crippen molar-refractivity contribution in [1.29, 1.82) is 5.26 Å². The molecule has 1 aromatic carbocycles. The summed E-state index contributed by atoms with van der Waals surface area (Å²) in [4.78, 5) is 17.3. The number of halogens is 2. The zero-order valence-corrected chi connectivity index (χ0v) is 23.0. The summed E-state index contributed by atoms with van der Waals surface area (Å²) in [7, 11) is -0.703. The van der Waals surface area contributed by atoms with Crippen molar-refractivity contribution in [2.75, 3.05) is 29.5 Å². The van der Waals surface area contributed by atoms with Gasteiger partial charge in [-0.25, -0.2) is 14.1 Å². The molecule has 11 heteroatoms. The number of nitrogens with zero attached hydrogens (tertiary/aromatic N) is 5. The molecule has 40 heavy (non-hydrogen) atoms. The number of nitrogens with one attached hydrogen (secondary N) is 1. The van der Waals surface area contributed by atoms with Crippen LogP contribution in [0.25, 0.3) is 16.8 Å². The quantitative estimate of drug-likeness (QED) is 0.456. The molecule has 0 atom stereocenters. The highest BCUT2D eigenvalue weighted by Crippen LogP contribution is 2.35. The molecular formula is C29H32F2N6O2S. The van der Waals surface area contributed by atoms with Gasteiger partial charge in [-0.3, -0.25) is 9.00 Å². The number of hydrogen-bond donors (Lipinski definition) is 1. The number of aromatic nitrogens is 3. The van der Waals surface area contributed by atoms with Crippen molar-refractivity contribution < 1.29 is 17.8 Å². The molecule has 0 bridgehead atoms. The molecule has 0 radical (unpaired) electrons. The summed E-state index contributed by atoms with van der Waals surface area (Å²) >= 11 is 0. The van der Waals surface area contributed by atoms with E-state index in [1.165, 1.54) is 11.1 Å². The van der Waals surface area contributed by atoms with Crippen LogP contribution in [-0.4, -0.2) is 55.0 Å². The molecule has 3 aromatic rings. The molecule has 8 nitrogen and oxygen atoms in total. The van der Waals surface area contributed by atoms with Gasteiger partial charge in [0.25, 0.3) is 0 Å². The molecule has 2 aromatic heterocycles. The number of rotatable bonds is 5. The third-order valence-corrected chi connectivity index (χ3v) is 8.94. The molecule has 1 amide bonds. The highest BCUT2D eigenvalue weighted by atomic mass is 32.2. The van der Waals surface area contributed by atoms with Crippen LogP contribution in [0.5, 0.6) is 0 Å². The summed E-state index contributed by atoms with van der Waals surface area (Å²) in [6, 6.07) is 11.2. The Kier molecular flexibility index (Phi) is 8.54. The number of anilines is 1. The van der Waals surface area contributed by atoms with E-state index >= 15 is 0 Å². The second kappa shape index (κ2) is 12.3. The van der Waals surface area contributed by atoms with Crippen molar-refractivity contribution in [3.63, 3.8) is 0 Å². The van der Waals surface area contributed by atoms with Crippen molar-refractivity contribution in [3.8, 4) is 22.9 Å². The van der Waals surface area contributed by atoms with Gasteiger partial charge in [-0.1, -0.05) is 31.4 Å². The minimum absolute atomic E-state index is 0.0332. The predicted octanol–water partition coefficient (Wildman–Crippen LogP) is 4.52. The minimum Gasteiger partial charge on any atom is -0.370 e. The fourth-order valence-electron chi connectivity index (χ4n) is 5.03. The Morgan fingerprint density at radius 3 is 2.40 bits per heavy atom. The summed E-state index contributed by atoms with van der Waals surface area (Å²) in [5.74, 6) is 0.284. The number of carbonyl (C=O) groups excluding carboxylic acids is 1. The maximum Gasteiger partial charge on any atom is 0.238 e. The van der Waals surface area contributed by atoms with Gasteiger partial charge >= 0.3 is 0 Å². The fraction of sp³-hybridized carbons (Fsp3) is 0.448. The van der Waals surface area contributed by atoms with E-state index in [1.807, 2.05) is 24.3 Å². The van der Waals surface area contributed by atoms with Gasteiger partial charge in [-0.05, 0) is 43.4 Å². The van der Waals surface area contributed by atoms with E-state index in [2.05, 4.69) is 26.4 Å². The Balaban J connectivity index is 0.000000194. The smallest absolute Gasteiger partial charge is 0.238 e. The first-order valence-corrected chi connectivity index (χ1v) is 15.1. The average Bonchev–Trinajstić information content (AvgIpc) is 3.59. The average molecular weight is 567 g/mol. The minimum atomic E-state index is -0.779. The van der Waals surface area contributed by atoms with Crippen molar-refractivity contribution in [2.24, 2.45) is 5.92 Å². The molecule has 0 spiro atoms. The lowest BCUT2D eigenvalue weighted by Gasteiger charge is -2.28. The van der Waals surface area contributed by atoms with E-state index in [9.17, 15) is 17.8 Å². The van der Waals surface area contributed by atoms with Gasteiger partial charge in [0.2, 0.25) is 11.9 Å². The van der Waals surface area contributed by atoms with Crippen LogP contribution < -0.4 is 10.2 Å². The lowest BCUT2D eigenvalue weighted by molar-refractivity contribution is -0.126. The Labute approximate surface area is 234 Å². The van der Waals surface area contributed by atoms with Crippen LogP contribution in [0, 0.1) is 29.0 Å². The molecule has 1 N–H and O–H groups in total. The van der Waals surface area contributed by atoms with Gasteiger partial charge in [-0.15, -0.1) is 0 Å². The zero-order valence-electron chi connectivity index (χ0n) is 22.2. The molecule has 1 saturated heterocycles. The van der Waals surface area contributed by atoms with Crippen LogP contribution in [-0.2, 0) is 15.6 Å². The third-order valence-electron chi connectivity index (χ3n) is 7.66. The lowest BCUT2D eigenvalue weighted by Crippen LogP contribution is -2.40.